The van der Waals surface area contributed by atoms with Crippen LogP contribution in [0.2, 0.25) is 0 Å². The molecule has 0 saturated carbocycles. The summed E-state index contributed by atoms with van der Waals surface area (Å²) in [6, 6.07) is 7.23. The topological polar surface area (TPSA) is 22.1 Å². The molecule has 18 heavy (non-hydrogen) atoms. The third-order valence-electron chi connectivity index (χ3n) is 2.52. The zero-order chi connectivity index (χ0) is 13.2. The summed E-state index contributed by atoms with van der Waals surface area (Å²) in [6.07, 6.45) is -1.39. The first kappa shape index (κ1) is 12.4. The van der Waals surface area contributed by atoms with E-state index in [1.165, 1.54) is 25.6 Å². The Kier molecular flexibility index (Phi) is 3.23. The molecule has 0 spiro atoms. The van der Waals surface area contributed by atoms with Crippen molar-refractivity contribution in [3.8, 4) is 16.9 Å². The van der Waals surface area contributed by atoms with Crippen molar-refractivity contribution in [2.45, 2.75) is 6.18 Å². The molecule has 1 aromatic heterocycles. The molecule has 0 aliphatic rings. The van der Waals surface area contributed by atoms with E-state index in [2.05, 4.69) is 4.98 Å². The normalized spacial score (nSPS) is 11.3. The highest BCUT2D eigenvalue weighted by molar-refractivity contribution is 5.72. The van der Waals surface area contributed by atoms with E-state index in [0.29, 0.717) is 11.1 Å². The molecule has 0 fully saturated rings. The first-order chi connectivity index (χ1) is 8.54. The van der Waals surface area contributed by atoms with Gasteiger partial charge in [-0.05, 0) is 23.8 Å². The molecule has 0 N–H and O–H groups in total. The summed E-state index contributed by atoms with van der Waals surface area (Å²) >= 11 is 0. The summed E-state index contributed by atoms with van der Waals surface area (Å²) in [4.78, 5) is 3.83. The zero-order valence-corrected chi connectivity index (χ0v) is 9.53. The average molecular weight is 253 g/mol. The molecule has 0 atom stereocenters. The Balaban J connectivity index is 2.63. The van der Waals surface area contributed by atoms with Crippen molar-refractivity contribution >= 4 is 0 Å². The Morgan fingerprint density at radius 2 is 1.72 bits per heavy atom. The fourth-order valence-corrected chi connectivity index (χ4v) is 1.74. The molecule has 0 saturated heterocycles. The van der Waals surface area contributed by atoms with E-state index in [9.17, 15) is 13.2 Å². The predicted octanol–water partition coefficient (Wildman–Crippen LogP) is 3.78. The molecule has 1 heterocycles. The second-order valence-electron chi connectivity index (χ2n) is 3.62. The van der Waals surface area contributed by atoms with E-state index in [0.717, 1.165) is 6.07 Å². The van der Waals surface area contributed by atoms with E-state index >= 15 is 0 Å². The average Bonchev–Trinajstić information content (AvgIpc) is 2.37. The van der Waals surface area contributed by atoms with E-state index in [-0.39, 0.29) is 5.75 Å². The molecule has 2 nitrogen and oxygen atoms in total. The summed E-state index contributed by atoms with van der Waals surface area (Å²) in [6.45, 7) is 0. The minimum absolute atomic E-state index is 0.170. The minimum atomic E-state index is -4.44. The first-order valence-electron chi connectivity index (χ1n) is 5.18. The van der Waals surface area contributed by atoms with Gasteiger partial charge in [0.1, 0.15) is 5.75 Å². The van der Waals surface area contributed by atoms with Crippen LogP contribution in [0.3, 0.4) is 0 Å². The van der Waals surface area contributed by atoms with E-state index in [1.807, 2.05) is 0 Å². The highest BCUT2D eigenvalue weighted by atomic mass is 19.4. The quantitative estimate of drug-likeness (QED) is 0.812. The lowest BCUT2D eigenvalue weighted by molar-refractivity contribution is -0.138. The van der Waals surface area contributed by atoms with Crippen molar-refractivity contribution in [2.24, 2.45) is 0 Å². The molecule has 0 aliphatic heterocycles. The molecule has 0 amide bonds. The SMILES string of the molecule is COc1c(-c2ccncc2)cccc1C(F)(F)F. The van der Waals surface area contributed by atoms with E-state index in [1.54, 1.807) is 18.2 Å². The van der Waals surface area contributed by atoms with Crippen LogP contribution < -0.4 is 4.74 Å². The number of rotatable bonds is 2. The van der Waals surface area contributed by atoms with Gasteiger partial charge < -0.3 is 4.74 Å². The number of pyridine rings is 1. The Bertz CT molecular complexity index is 538. The van der Waals surface area contributed by atoms with Gasteiger partial charge in [0.25, 0.3) is 0 Å². The van der Waals surface area contributed by atoms with Gasteiger partial charge in [0.2, 0.25) is 0 Å². The lowest BCUT2D eigenvalue weighted by atomic mass is 10.0. The van der Waals surface area contributed by atoms with Crippen LogP contribution in [0.1, 0.15) is 5.56 Å². The van der Waals surface area contributed by atoms with Crippen LogP contribution in [0.5, 0.6) is 5.75 Å². The maximum Gasteiger partial charge on any atom is 0.419 e. The van der Waals surface area contributed by atoms with Crippen molar-refractivity contribution < 1.29 is 17.9 Å². The molecular formula is C13H10F3NO. The largest absolute Gasteiger partial charge is 0.495 e. The van der Waals surface area contributed by atoms with Gasteiger partial charge in [0, 0.05) is 18.0 Å². The first-order valence-corrected chi connectivity index (χ1v) is 5.18. The van der Waals surface area contributed by atoms with Gasteiger partial charge in [-0.25, -0.2) is 0 Å². The van der Waals surface area contributed by atoms with Crippen LogP contribution >= 0.6 is 0 Å². The monoisotopic (exact) mass is 253 g/mol. The minimum Gasteiger partial charge on any atom is -0.495 e. The molecule has 0 unspecified atom stereocenters. The number of hydrogen-bond donors (Lipinski definition) is 0. The molecule has 2 aromatic rings. The number of halogens is 3. The number of ether oxygens (including phenoxy) is 1. The van der Waals surface area contributed by atoms with E-state index < -0.39 is 11.7 Å². The summed E-state index contributed by atoms with van der Waals surface area (Å²) in [5.74, 6) is -0.170. The van der Waals surface area contributed by atoms with Crippen molar-refractivity contribution in [2.75, 3.05) is 7.11 Å². The van der Waals surface area contributed by atoms with Gasteiger partial charge in [-0.2, -0.15) is 13.2 Å². The lowest BCUT2D eigenvalue weighted by Gasteiger charge is -2.15. The Labute approximate surface area is 102 Å². The van der Waals surface area contributed by atoms with Crippen LogP contribution in [-0.4, -0.2) is 12.1 Å². The third kappa shape index (κ3) is 2.30. The van der Waals surface area contributed by atoms with Crippen LogP contribution in [0, 0.1) is 0 Å². The number of para-hydroxylation sites is 1. The maximum atomic E-state index is 12.8. The Hall–Kier alpha value is -2.04. The van der Waals surface area contributed by atoms with Gasteiger partial charge in [0.05, 0.1) is 12.7 Å². The van der Waals surface area contributed by atoms with Crippen molar-refractivity contribution in [1.82, 2.24) is 4.98 Å². The maximum absolute atomic E-state index is 12.8. The molecule has 0 radical (unpaired) electrons. The third-order valence-corrected chi connectivity index (χ3v) is 2.52. The van der Waals surface area contributed by atoms with Crippen molar-refractivity contribution in [3.05, 3.63) is 48.3 Å². The summed E-state index contributed by atoms with van der Waals surface area (Å²) in [7, 11) is 1.23. The fourth-order valence-electron chi connectivity index (χ4n) is 1.74. The van der Waals surface area contributed by atoms with Crippen LogP contribution in [-0.2, 0) is 6.18 Å². The number of methoxy groups -OCH3 is 1. The van der Waals surface area contributed by atoms with Gasteiger partial charge in [0.15, 0.2) is 0 Å². The summed E-state index contributed by atoms with van der Waals surface area (Å²) in [5, 5.41) is 0. The number of hydrogen-bond acceptors (Lipinski definition) is 2. The number of benzene rings is 1. The van der Waals surface area contributed by atoms with Gasteiger partial charge in [-0.3, -0.25) is 4.98 Å². The van der Waals surface area contributed by atoms with Crippen LogP contribution in [0.4, 0.5) is 13.2 Å². The lowest BCUT2D eigenvalue weighted by Crippen LogP contribution is -2.08. The number of alkyl halides is 3. The molecule has 0 bridgehead atoms. The molecular weight excluding hydrogens is 243 g/mol. The summed E-state index contributed by atoms with van der Waals surface area (Å²) in [5.41, 5.74) is 0.252. The van der Waals surface area contributed by atoms with E-state index in [4.69, 9.17) is 4.74 Å². The molecule has 5 heteroatoms. The van der Waals surface area contributed by atoms with Crippen LogP contribution in [0.15, 0.2) is 42.7 Å². The van der Waals surface area contributed by atoms with Gasteiger partial charge in [-0.1, -0.05) is 12.1 Å². The standard InChI is InChI=1S/C13H10F3NO/c1-18-12-10(9-5-7-17-8-6-9)3-2-4-11(12)13(14,15)16/h2-8H,1H3. The van der Waals surface area contributed by atoms with Crippen molar-refractivity contribution in [3.63, 3.8) is 0 Å². The highest BCUT2D eigenvalue weighted by Crippen LogP contribution is 2.41. The van der Waals surface area contributed by atoms with Gasteiger partial charge in [-0.15, -0.1) is 0 Å². The smallest absolute Gasteiger partial charge is 0.419 e. The molecule has 1 aromatic carbocycles. The second kappa shape index (κ2) is 4.68. The molecule has 94 valence electrons. The zero-order valence-electron chi connectivity index (χ0n) is 9.53. The molecule has 2 rings (SSSR count). The Morgan fingerprint density at radius 3 is 2.28 bits per heavy atom. The number of aromatic nitrogens is 1. The second-order valence-corrected chi connectivity index (χ2v) is 3.62. The number of nitrogens with zero attached hydrogens (tertiary/aromatic N) is 1. The van der Waals surface area contributed by atoms with Crippen LogP contribution in [0.25, 0.3) is 11.1 Å². The predicted molar refractivity (Wildman–Crippen MR) is 61.2 cm³/mol. The van der Waals surface area contributed by atoms with Gasteiger partial charge >= 0.3 is 6.18 Å². The fraction of sp³-hybridized carbons (Fsp3) is 0.154. The summed E-state index contributed by atoms with van der Waals surface area (Å²) < 4.78 is 43.4. The van der Waals surface area contributed by atoms with Crippen molar-refractivity contribution in [1.29, 1.82) is 0 Å². The Morgan fingerprint density at radius 1 is 1.06 bits per heavy atom. The molecule has 0 aliphatic carbocycles. The highest BCUT2D eigenvalue weighted by Gasteiger charge is 2.35.